The van der Waals surface area contributed by atoms with Gasteiger partial charge in [0.15, 0.2) is 0 Å². The number of alkyl carbamates (subject to hydrolysis) is 1. The van der Waals surface area contributed by atoms with Crippen LogP contribution in [0.25, 0.3) is 0 Å². The van der Waals surface area contributed by atoms with Crippen molar-refractivity contribution < 1.29 is 9.53 Å². The molecular weight excluding hydrogens is 180 g/mol. The smallest absolute Gasteiger partial charge is 0.408 e. The topological polar surface area (TPSA) is 64.3 Å². The van der Waals surface area contributed by atoms with Crippen LogP contribution in [0.15, 0.2) is 24.3 Å². The van der Waals surface area contributed by atoms with Gasteiger partial charge in [0.25, 0.3) is 0 Å². The zero-order valence-corrected chi connectivity index (χ0v) is 7.91. The SMILES string of the molecule is C[C@@]1(c2cccc(N)c2)COC(=O)N1. The number of hydrogen-bond donors (Lipinski definition) is 2. The Morgan fingerprint density at radius 2 is 2.36 bits per heavy atom. The van der Waals surface area contributed by atoms with Crippen LogP contribution in [0.4, 0.5) is 10.5 Å². The van der Waals surface area contributed by atoms with Gasteiger partial charge in [-0.05, 0) is 24.6 Å². The second kappa shape index (κ2) is 2.90. The molecule has 1 heterocycles. The van der Waals surface area contributed by atoms with Crippen molar-refractivity contribution in [3.8, 4) is 0 Å². The molecule has 74 valence electrons. The molecule has 14 heavy (non-hydrogen) atoms. The normalized spacial score (nSPS) is 25.6. The molecule has 1 fully saturated rings. The van der Waals surface area contributed by atoms with Crippen molar-refractivity contribution in [1.29, 1.82) is 0 Å². The average Bonchev–Trinajstić information content (AvgIpc) is 2.48. The quantitative estimate of drug-likeness (QED) is 0.657. The van der Waals surface area contributed by atoms with E-state index in [1.807, 2.05) is 31.2 Å². The van der Waals surface area contributed by atoms with Gasteiger partial charge >= 0.3 is 6.09 Å². The number of nitrogens with one attached hydrogen (secondary N) is 1. The highest BCUT2D eigenvalue weighted by molar-refractivity contribution is 5.71. The van der Waals surface area contributed by atoms with Gasteiger partial charge in [-0.1, -0.05) is 12.1 Å². The van der Waals surface area contributed by atoms with Crippen LogP contribution >= 0.6 is 0 Å². The van der Waals surface area contributed by atoms with Crippen molar-refractivity contribution in [3.05, 3.63) is 29.8 Å². The fraction of sp³-hybridized carbons (Fsp3) is 0.300. The summed E-state index contributed by atoms with van der Waals surface area (Å²) in [6.07, 6.45) is -0.380. The van der Waals surface area contributed by atoms with Gasteiger partial charge in [0.05, 0.1) is 5.54 Å². The standard InChI is InChI=1S/C10H12N2O2/c1-10(6-14-9(13)12-10)7-3-2-4-8(11)5-7/h2-5H,6,11H2,1H3,(H,12,13)/t10-/m0/s1. The first-order valence-corrected chi connectivity index (χ1v) is 4.41. The molecule has 0 radical (unpaired) electrons. The predicted octanol–water partition coefficient (Wildman–Crippen LogP) is 1.22. The van der Waals surface area contributed by atoms with Crippen molar-refractivity contribution in [1.82, 2.24) is 5.32 Å². The zero-order chi connectivity index (χ0) is 10.2. The molecule has 1 aromatic rings. The number of nitrogens with two attached hydrogens (primary N) is 1. The van der Waals surface area contributed by atoms with Gasteiger partial charge < -0.3 is 15.8 Å². The second-order valence-corrected chi connectivity index (χ2v) is 3.66. The van der Waals surface area contributed by atoms with Crippen LogP contribution in [-0.4, -0.2) is 12.7 Å². The van der Waals surface area contributed by atoms with Gasteiger partial charge in [-0.2, -0.15) is 0 Å². The van der Waals surface area contributed by atoms with Crippen LogP contribution < -0.4 is 11.1 Å². The van der Waals surface area contributed by atoms with E-state index in [1.54, 1.807) is 0 Å². The van der Waals surface area contributed by atoms with E-state index in [1.165, 1.54) is 0 Å². The summed E-state index contributed by atoms with van der Waals surface area (Å²) in [6, 6.07) is 7.44. The lowest BCUT2D eigenvalue weighted by Crippen LogP contribution is -2.37. The molecule has 0 bridgehead atoms. The number of carbonyl (C=O) groups is 1. The lowest BCUT2D eigenvalue weighted by Gasteiger charge is -2.21. The fourth-order valence-corrected chi connectivity index (χ4v) is 1.54. The Morgan fingerprint density at radius 3 is 2.93 bits per heavy atom. The van der Waals surface area contributed by atoms with Gasteiger partial charge in [-0.15, -0.1) is 0 Å². The molecule has 2 rings (SSSR count). The maximum Gasteiger partial charge on any atom is 0.408 e. The van der Waals surface area contributed by atoms with E-state index in [-0.39, 0.29) is 6.09 Å². The number of nitrogen functional groups attached to an aromatic ring is 1. The van der Waals surface area contributed by atoms with Gasteiger partial charge in [-0.25, -0.2) is 4.79 Å². The van der Waals surface area contributed by atoms with Crippen LogP contribution in [0.1, 0.15) is 12.5 Å². The van der Waals surface area contributed by atoms with Crippen LogP contribution in [0, 0.1) is 0 Å². The molecule has 0 saturated carbocycles. The number of carbonyl (C=O) groups excluding carboxylic acids is 1. The highest BCUT2D eigenvalue weighted by Gasteiger charge is 2.36. The third-order valence-electron chi connectivity index (χ3n) is 2.39. The third kappa shape index (κ3) is 1.39. The summed E-state index contributed by atoms with van der Waals surface area (Å²) < 4.78 is 4.87. The highest BCUT2D eigenvalue weighted by Crippen LogP contribution is 2.26. The van der Waals surface area contributed by atoms with Crippen LogP contribution in [0.5, 0.6) is 0 Å². The minimum atomic E-state index is -0.452. The summed E-state index contributed by atoms with van der Waals surface area (Å²) in [4.78, 5) is 11.0. The van der Waals surface area contributed by atoms with E-state index in [0.29, 0.717) is 12.3 Å². The highest BCUT2D eigenvalue weighted by atomic mass is 16.6. The van der Waals surface area contributed by atoms with Gasteiger partial charge in [0, 0.05) is 5.69 Å². The Bertz CT molecular complexity index is 378. The van der Waals surface area contributed by atoms with E-state index in [4.69, 9.17) is 10.5 Å². The molecule has 0 unspecified atom stereocenters. The maximum atomic E-state index is 11.0. The lowest BCUT2D eigenvalue weighted by molar-refractivity contribution is 0.173. The lowest BCUT2D eigenvalue weighted by atomic mass is 9.93. The number of amides is 1. The summed E-state index contributed by atoms with van der Waals surface area (Å²) in [5.41, 5.74) is 6.86. The number of benzene rings is 1. The van der Waals surface area contributed by atoms with E-state index < -0.39 is 5.54 Å². The van der Waals surface area contributed by atoms with Crippen LogP contribution in [0.3, 0.4) is 0 Å². The summed E-state index contributed by atoms with van der Waals surface area (Å²) in [5.74, 6) is 0. The van der Waals surface area contributed by atoms with Crippen molar-refractivity contribution >= 4 is 11.8 Å². The van der Waals surface area contributed by atoms with Crippen molar-refractivity contribution in [3.63, 3.8) is 0 Å². The first-order chi connectivity index (χ1) is 6.60. The molecule has 1 saturated heterocycles. The summed E-state index contributed by atoms with van der Waals surface area (Å²) in [7, 11) is 0. The predicted molar refractivity (Wildman–Crippen MR) is 52.7 cm³/mol. The molecule has 3 N–H and O–H groups in total. The van der Waals surface area contributed by atoms with Crippen LogP contribution in [-0.2, 0) is 10.3 Å². The van der Waals surface area contributed by atoms with Crippen LogP contribution in [0.2, 0.25) is 0 Å². The average molecular weight is 192 g/mol. The molecule has 0 spiro atoms. The Balaban J connectivity index is 2.34. The number of ether oxygens (including phenoxy) is 1. The first-order valence-electron chi connectivity index (χ1n) is 4.41. The molecule has 1 amide bonds. The van der Waals surface area contributed by atoms with Crippen molar-refractivity contribution in [2.45, 2.75) is 12.5 Å². The summed E-state index contributed by atoms with van der Waals surface area (Å²) in [5, 5.41) is 2.76. The van der Waals surface area contributed by atoms with E-state index in [0.717, 1.165) is 5.56 Å². The molecule has 0 aliphatic carbocycles. The molecule has 1 aromatic carbocycles. The largest absolute Gasteiger partial charge is 0.447 e. The van der Waals surface area contributed by atoms with Crippen molar-refractivity contribution in [2.24, 2.45) is 0 Å². The van der Waals surface area contributed by atoms with E-state index in [2.05, 4.69) is 5.32 Å². The number of hydrogen-bond acceptors (Lipinski definition) is 3. The van der Waals surface area contributed by atoms with Gasteiger partial charge in [-0.3, -0.25) is 0 Å². The zero-order valence-electron chi connectivity index (χ0n) is 7.91. The number of rotatable bonds is 1. The Kier molecular flexibility index (Phi) is 1.84. The van der Waals surface area contributed by atoms with Gasteiger partial charge in [0.1, 0.15) is 6.61 Å². The maximum absolute atomic E-state index is 11.0. The Morgan fingerprint density at radius 1 is 1.57 bits per heavy atom. The molecule has 1 aliphatic rings. The molecule has 4 heteroatoms. The third-order valence-corrected chi connectivity index (χ3v) is 2.39. The number of cyclic esters (lactones) is 1. The fourth-order valence-electron chi connectivity index (χ4n) is 1.54. The van der Waals surface area contributed by atoms with E-state index in [9.17, 15) is 4.79 Å². The van der Waals surface area contributed by atoms with E-state index >= 15 is 0 Å². The molecular formula is C10H12N2O2. The Labute approximate surface area is 82.1 Å². The van der Waals surface area contributed by atoms with Gasteiger partial charge in [0.2, 0.25) is 0 Å². The summed E-state index contributed by atoms with van der Waals surface area (Å²) in [6.45, 7) is 2.25. The minimum Gasteiger partial charge on any atom is -0.447 e. The second-order valence-electron chi connectivity index (χ2n) is 3.66. The molecule has 1 atom stereocenters. The molecule has 4 nitrogen and oxygen atoms in total. The molecule has 1 aliphatic heterocycles. The molecule has 0 aromatic heterocycles. The first kappa shape index (κ1) is 8.87. The number of anilines is 1. The Hall–Kier alpha value is -1.71. The monoisotopic (exact) mass is 192 g/mol. The minimum absolute atomic E-state index is 0.343. The summed E-state index contributed by atoms with van der Waals surface area (Å²) >= 11 is 0. The van der Waals surface area contributed by atoms with Crippen molar-refractivity contribution in [2.75, 3.05) is 12.3 Å².